The molecule has 5 nitrogen and oxygen atoms in total. The molecule has 2 fully saturated rings. The van der Waals surface area contributed by atoms with Gasteiger partial charge in [0.25, 0.3) is 0 Å². The molecule has 0 aromatic heterocycles. The Labute approximate surface area is 212 Å². The maximum atomic E-state index is 13.4. The van der Waals surface area contributed by atoms with Gasteiger partial charge in [-0.05, 0) is 77.8 Å². The summed E-state index contributed by atoms with van der Waals surface area (Å²) in [6, 6.07) is 20.8. The summed E-state index contributed by atoms with van der Waals surface area (Å²) in [5.41, 5.74) is 6.91. The molecular formula is C31H33NO4. The lowest BCUT2D eigenvalue weighted by Gasteiger charge is -2.44. The molecule has 186 valence electrons. The molecule has 3 aliphatic rings. The summed E-state index contributed by atoms with van der Waals surface area (Å²) >= 11 is 0. The molecule has 2 heterocycles. The fourth-order valence-corrected chi connectivity index (χ4v) is 6.92. The molecule has 2 bridgehead atoms. The van der Waals surface area contributed by atoms with E-state index >= 15 is 0 Å². The number of aryl methyl sites for hydroxylation is 2. The van der Waals surface area contributed by atoms with Gasteiger partial charge in [0, 0.05) is 30.8 Å². The van der Waals surface area contributed by atoms with E-state index in [-0.39, 0.29) is 24.1 Å². The van der Waals surface area contributed by atoms with Crippen LogP contribution in [-0.2, 0) is 10.3 Å². The van der Waals surface area contributed by atoms with Crippen LogP contribution in [0.5, 0.6) is 5.75 Å². The number of aliphatic hydroxyl groups is 1. The van der Waals surface area contributed by atoms with Gasteiger partial charge in [0.15, 0.2) is 0 Å². The number of fused-ring (bicyclic) bond motifs is 5. The van der Waals surface area contributed by atoms with Gasteiger partial charge < -0.3 is 19.5 Å². The van der Waals surface area contributed by atoms with Crippen molar-refractivity contribution in [1.29, 1.82) is 0 Å². The molecule has 2 atom stereocenters. The van der Waals surface area contributed by atoms with Crippen molar-refractivity contribution in [1.82, 2.24) is 4.90 Å². The van der Waals surface area contributed by atoms with Gasteiger partial charge in [0.1, 0.15) is 12.4 Å². The van der Waals surface area contributed by atoms with Crippen molar-refractivity contribution in [2.45, 2.75) is 63.1 Å². The van der Waals surface area contributed by atoms with Crippen molar-refractivity contribution in [3.8, 4) is 16.9 Å². The third-order valence-electron chi connectivity index (χ3n) is 8.56. The van der Waals surface area contributed by atoms with Crippen molar-refractivity contribution < 1.29 is 19.4 Å². The Morgan fingerprint density at radius 3 is 2.11 bits per heavy atom. The molecule has 0 radical (unpaired) electrons. The minimum Gasteiger partial charge on any atom is -0.496 e. The van der Waals surface area contributed by atoms with E-state index in [9.17, 15) is 9.90 Å². The number of methoxy groups -OCH3 is 1. The molecule has 5 heteroatoms. The van der Waals surface area contributed by atoms with Crippen LogP contribution < -0.4 is 4.74 Å². The van der Waals surface area contributed by atoms with Gasteiger partial charge in [-0.1, -0.05) is 48.5 Å². The molecule has 6 rings (SSSR count). The van der Waals surface area contributed by atoms with Gasteiger partial charge in [-0.3, -0.25) is 0 Å². The second kappa shape index (κ2) is 8.67. The molecule has 3 aromatic carbocycles. The van der Waals surface area contributed by atoms with E-state index in [1.807, 2.05) is 36.9 Å². The number of benzene rings is 3. The fourth-order valence-electron chi connectivity index (χ4n) is 6.92. The molecule has 0 spiro atoms. The van der Waals surface area contributed by atoms with E-state index < -0.39 is 5.60 Å². The van der Waals surface area contributed by atoms with E-state index in [1.54, 1.807) is 7.11 Å². The SMILES string of the molecule is COc1cc(C)c(C2(O)CC3CCC(C2)N3C(=O)OCC2c3ccccc3-c3ccccc32)cc1C. The van der Waals surface area contributed by atoms with Gasteiger partial charge in [-0.2, -0.15) is 0 Å². The van der Waals surface area contributed by atoms with E-state index in [0.717, 1.165) is 35.3 Å². The van der Waals surface area contributed by atoms with Gasteiger partial charge in [-0.25, -0.2) is 4.79 Å². The summed E-state index contributed by atoms with van der Waals surface area (Å²) < 4.78 is 11.5. The molecular weight excluding hydrogens is 450 g/mol. The van der Waals surface area contributed by atoms with Crippen molar-refractivity contribution in [2.24, 2.45) is 0 Å². The number of nitrogens with zero attached hydrogens (tertiary/aromatic N) is 1. The lowest BCUT2D eigenvalue weighted by atomic mass is 9.78. The monoisotopic (exact) mass is 483 g/mol. The third-order valence-corrected chi connectivity index (χ3v) is 8.56. The summed E-state index contributed by atoms with van der Waals surface area (Å²) in [7, 11) is 1.67. The molecule has 2 saturated heterocycles. The number of hydrogen-bond acceptors (Lipinski definition) is 4. The lowest BCUT2D eigenvalue weighted by molar-refractivity contribution is -0.0535. The van der Waals surface area contributed by atoms with Crippen LogP contribution >= 0.6 is 0 Å². The van der Waals surface area contributed by atoms with Gasteiger partial charge in [-0.15, -0.1) is 0 Å². The average molecular weight is 484 g/mol. The zero-order valence-electron chi connectivity index (χ0n) is 21.2. The first-order chi connectivity index (χ1) is 17.4. The highest BCUT2D eigenvalue weighted by molar-refractivity contribution is 5.79. The number of amides is 1. The highest BCUT2D eigenvalue weighted by Gasteiger charge is 2.51. The minimum atomic E-state index is -0.951. The molecule has 36 heavy (non-hydrogen) atoms. The highest BCUT2D eigenvalue weighted by atomic mass is 16.6. The van der Waals surface area contributed by atoms with Crippen LogP contribution in [0.25, 0.3) is 11.1 Å². The first kappa shape index (κ1) is 23.1. The standard InChI is InChI=1S/C31H33NO4/c1-19-15-29(35-3)20(2)14-28(19)31(34)16-21-12-13-22(17-31)32(21)30(33)36-18-27-25-10-6-4-8-23(25)24-9-5-7-11-26(24)27/h4-11,14-15,21-22,27,34H,12-13,16-18H2,1-3H3. The minimum absolute atomic E-state index is 0.0220. The molecule has 1 amide bonds. The number of carbonyl (C=O) groups excluding carboxylic acids is 1. The quantitative estimate of drug-likeness (QED) is 0.489. The number of rotatable bonds is 4. The van der Waals surface area contributed by atoms with Crippen molar-refractivity contribution in [3.05, 3.63) is 88.5 Å². The Bertz CT molecular complexity index is 1270. The molecule has 3 aromatic rings. The maximum Gasteiger partial charge on any atom is 0.410 e. The van der Waals surface area contributed by atoms with Crippen molar-refractivity contribution in [2.75, 3.05) is 13.7 Å². The second-order valence-corrected chi connectivity index (χ2v) is 10.7. The largest absolute Gasteiger partial charge is 0.496 e. The summed E-state index contributed by atoms with van der Waals surface area (Å²) in [5, 5.41) is 11.8. The van der Waals surface area contributed by atoms with E-state index in [1.165, 1.54) is 22.3 Å². The number of ether oxygens (including phenoxy) is 2. The molecule has 1 aliphatic carbocycles. The lowest BCUT2D eigenvalue weighted by Crippen LogP contribution is -2.52. The van der Waals surface area contributed by atoms with E-state index in [0.29, 0.717) is 19.4 Å². The number of carbonyl (C=O) groups is 1. The number of hydrogen-bond donors (Lipinski definition) is 1. The zero-order valence-corrected chi connectivity index (χ0v) is 21.2. The highest BCUT2D eigenvalue weighted by Crippen LogP contribution is 2.48. The Hall–Kier alpha value is -3.31. The van der Waals surface area contributed by atoms with Crippen LogP contribution in [0, 0.1) is 13.8 Å². The Morgan fingerprint density at radius 1 is 0.944 bits per heavy atom. The first-order valence-corrected chi connectivity index (χ1v) is 12.9. The van der Waals surface area contributed by atoms with E-state index in [2.05, 4.69) is 42.5 Å². The molecule has 2 unspecified atom stereocenters. The fraction of sp³-hybridized carbons (Fsp3) is 0.387. The van der Waals surface area contributed by atoms with Crippen molar-refractivity contribution >= 4 is 6.09 Å². The van der Waals surface area contributed by atoms with Crippen LogP contribution in [0.2, 0.25) is 0 Å². The van der Waals surface area contributed by atoms with Crippen LogP contribution in [0.4, 0.5) is 4.79 Å². The molecule has 2 aliphatic heterocycles. The third kappa shape index (κ3) is 3.60. The van der Waals surface area contributed by atoms with Gasteiger partial charge >= 0.3 is 6.09 Å². The second-order valence-electron chi connectivity index (χ2n) is 10.7. The molecule has 1 N–H and O–H groups in total. The first-order valence-electron chi connectivity index (χ1n) is 12.9. The van der Waals surface area contributed by atoms with Crippen LogP contribution in [0.1, 0.15) is 59.4 Å². The summed E-state index contributed by atoms with van der Waals surface area (Å²) in [6.45, 7) is 4.35. The average Bonchev–Trinajstić information content (AvgIpc) is 3.35. The van der Waals surface area contributed by atoms with Crippen LogP contribution in [-0.4, -0.2) is 41.9 Å². The number of piperidine rings is 1. The van der Waals surface area contributed by atoms with Crippen LogP contribution in [0.3, 0.4) is 0 Å². The van der Waals surface area contributed by atoms with Gasteiger partial charge in [0.05, 0.1) is 12.7 Å². The predicted molar refractivity (Wildman–Crippen MR) is 139 cm³/mol. The smallest absolute Gasteiger partial charge is 0.410 e. The Balaban J connectivity index is 1.19. The van der Waals surface area contributed by atoms with Gasteiger partial charge in [0.2, 0.25) is 0 Å². The Morgan fingerprint density at radius 2 is 1.53 bits per heavy atom. The topological polar surface area (TPSA) is 59.0 Å². The predicted octanol–water partition coefficient (Wildman–Crippen LogP) is 6.08. The summed E-state index contributed by atoms with van der Waals surface area (Å²) in [4.78, 5) is 15.3. The van der Waals surface area contributed by atoms with E-state index in [4.69, 9.17) is 9.47 Å². The summed E-state index contributed by atoms with van der Waals surface area (Å²) in [5.74, 6) is 0.879. The van der Waals surface area contributed by atoms with Crippen molar-refractivity contribution in [3.63, 3.8) is 0 Å². The zero-order chi connectivity index (χ0) is 25.0. The molecule has 0 saturated carbocycles. The maximum absolute atomic E-state index is 13.4. The summed E-state index contributed by atoms with van der Waals surface area (Å²) in [6.07, 6.45) is 2.59. The Kier molecular flexibility index (Phi) is 5.56. The van der Waals surface area contributed by atoms with Crippen LogP contribution in [0.15, 0.2) is 60.7 Å². The normalized spacial score (nSPS) is 24.4.